The largest absolute Gasteiger partial charge is 0.342 e. The predicted octanol–water partition coefficient (Wildman–Crippen LogP) is 5.71. The number of carbonyl (C=O) groups is 1. The molecule has 5 nitrogen and oxygen atoms in total. The normalized spacial score (nSPS) is 11.2. The van der Waals surface area contributed by atoms with E-state index in [9.17, 15) is 4.79 Å². The second-order valence-electron chi connectivity index (χ2n) is 6.91. The summed E-state index contributed by atoms with van der Waals surface area (Å²) < 4.78 is 0. The van der Waals surface area contributed by atoms with Crippen LogP contribution in [0.5, 0.6) is 0 Å². The summed E-state index contributed by atoms with van der Waals surface area (Å²) in [5.74, 6) is 0.596. The van der Waals surface area contributed by atoms with Crippen LogP contribution in [0.4, 0.5) is 16.2 Å². The minimum atomic E-state index is -0.282. The summed E-state index contributed by atoms with van der Waals surface area (Å²) in [6.07, 6.45) is 4.30. The molecule has 2 aromatic carbocycles. The number of para-hydroxylation sites is 1. The van der Waals surface area contributed by atoms with Gasteiger partial charge in [-0.05, 0) is 44.0 Å². The number of hydrogen-bond donors (Lipinski definition) is 2. The number of hydrogen-bond acceptors (Lipinski definition) is 2. The molecule has 0 fully saturated rings. The molecule has 0 aliphatic carbocycles. The second-order valence-corrected chi connectivity index (χ2v) is 6.91. The smallest absolute Gasteiger partial charge is 0.326 e. The Morgan fingerprint density at radius 2 is 1.54 bits per heavy atom. The molecule has 0 aliphatic rings. The van der Waals surface area contributed by atoms with Gasteiger partial charge in [-0.25, -0.2) is 9.79 Å². The molecule has 0 unspecified atom stereocenters. The Morgan fingerprint density at radius 3 is 2.11 bits per heavy atom. The number of aliphatic imine (C=N–C) groups is 1. The molecule has 0 aromatic heterocycles. The van der Waals surface area contributed by atoms with E-state index in [4.69, 9.17) is 4.99 Å². The zero-order chi connectivity index (χ0) is 20.2. The maximum Gasteiger partial charge on any atom is 0.326 e. The summed E-state index contributed by atoms with van der Waals surface area (Å²) in [6.45, 7) is 8.13. The van der Waals surface area contributed by atoms with Gasteiger partial charge in [0.15, 0.2) is 0 Å². The van der Waals surface area contributed by atoms with E-state index >= 15 is 0 Å². The van der Waals surface area contributed by atoms with Gasteiger partial charge in [-0.1, -0.05) is 62.6 Å². The number of urea groups is 1. The SMILES string of the molecule is CCCCN(CCCC)C(=Nc1ccc(C)cc1)NC(=O)Nc1ccccc1. The van der Waals surface area contributed by atoms with Gasteiger partial charge < -0.3 is 10.2 Å². The van der Waals surface area contributed by atoms with Crippen LogP contribution in [0, 0.1) is 6.92 Å². The van der Waals surface area contributed by atoms with Crippen LogP contribution in [0.2, 0.25) is 0 Å². The molecule has 0 saturated heterocycles. The number of nitrogens with one attached hydrogen (secondary N) is 2. The average molecular weight is 381 g/mol. The number of nitrogens with zero attached hydrogens (tertiary/aromatic N) is 2. The molecule has 0 radical (unpaired) electrons. The molecule has 0 bridgehead atoms. The number of benzene rings is 2. The van der Waals surface area contributed by atoms with Crippen LogP contribution in [0.3, 0.4) is 0 Å². The first-order chi connectivity index (χ1) is 13.6. The van der Waals surface area contributed by atoms with E-state index in [1.807, 2.05) is 54.6 Å². The van der Waals surface area contributed by atoms with Gasteiger partial charge in [-0.3, -0.25) is 5.32 Å². The molecule has 0 heterocycles. The number of guanidine groups is 1. The lowest BCUT2D eigenvalue weighted by molar-refractivity contribution is 0.254. The van der Waals surface area contributed by atoms with Gasteiger partial charge in [0.05, 0.1) is 5.69 Å². The number of anilines is 1. The zero-order valence-electron chi connectivity index (χ0n) is 17.2. The molecule has 28 heavy (non-hydrogen) atoms. The van der Waals surface area contributed by atoms with Gasteiger partial charge in [0, 0.05) is 18.8 Å². The van der Waals surface area contributed by atoms with E-state index in [2.05, 4.69) is 36.3 Å². The molecule has 5 heteroatoms. The first-order valence-corrected chi connectivity index (χ1v) is 10.2. The van der Waals surface area contributed by atoms with Crippen LogP contribution in [0.1, 0.15) is 45.1 Å². The van der Waals surface area contributed by atoms with Crippen LogP contribution in [0.15, 0.2) is 59.6 Å². The lowest BCUT2D eigenvalue weighted by Gasteiger charge is -2.26. The topological polar surface area (TPSA) is 56.7 Å². The number of carbonyl (C=O) groups excluding carboxylic acids is 1. The van der Waals surface area contributed by atoms with Crippen molar-refractivity contribution in [3.8, 4) is 0 Å². The van der Waals surface area contributed by atoms with Crippen LogP contribution >= 0.6 is 0 Å². The summed E-state index contributed by atoms with van der Waals surface area (Å²) in [7, 11) is 0. The van der Waals surface area contributed by atoms with E-state index in [1.54, 1.807) is 0 Å². The highest BCUT2D eigenvalue weighted by Crippen LogP contribution is 2.14. The van der Waals surface area contributed by atoms with E-state index in [1.165, 1.54) is 5.56 Å². The average Bonchev–Trinajstić information content (AvgIpc) is 2.70. The number of unbranched alkanes of at least 4 members (excludes halogenated alkanes) is 2. The Balaban J connectivity index is 2.22. The third-order valence-electron chi connectivity index (χ3n) is 4.39. The van der Waals surface area contributed by atoms with E-state index in [-0.39, 0.29) is 6.03 Å². The standard InChI is InChI=1S/C23H32N4O/c1-4-6-17-27(18-7-5-2)22(24-21-15-13-19(3)14-16-21)26-23(28)25-20-11-9-8-10-12-20/h8-16H,4-7,17-18H2,1-3H3,(H2,24,25,26,28). The van der Waals surface area contributed by atoms with Crippen molar-refractivity contribution in [3.05, 3.63) is 60.2 Å². The van der Waals surface area contributed by atoms with Crippen molar-refractivity contribution in [2.75, 3.05) is 18.4 Å². The Labute approximate surface area is 168 Å². The summed E-state index contributed by atoms with van der Waals surface area (Å²) in [4.78, 5) is 19.5. The van der Waals surface area contributed by atoms with Crippen LogP contribution < -0.4 is 10.6 Å². The van der Waals surface area contributed by atoms with Gasteiger partial charge in [0.25, 0.3) is 0 Å². The highest BCUT2D eigenvalue weighted by Gasteiger charge is 2.14. The molecule has 2 N–H and O–H groups in total. The van der Waals surface area contributed by atoms with Gasteiger partial charge in [-0.15, -0.1) is 0 Å². The van der Waals surface area contributed by atoms with Crippen molar-refractivity contribution >= 4 is 23.4 Å². The van der Waals surface area contributed by atoms with Gasteiger partial charge in [-0.2, -0.15) is 0 Å². The third kappa shape index (κ3) is 7.43. The van der Waals surface area contributed by atoms with Crippen LogP contribution in [-0.2, 0) is 0 Å². The van der Waals surface area contributed by atoms with E-state index in [0.717, 1.165) is 50.1 Å². The van der Waals surface area contributed by atoms with Crippen molar-refractivity contribution in [3.63, 3.8) is 0 Å². The highest BCUT2D eigenvalue weighted by molar-refractivity contribution is 6.03. The second kappa shape index (κ2) is 11.8. The number of aryl methyl sites for hydroxylation is 1. The molecular formula is C23H32N4O. The Kier molecular flexibility index (Phi) is 9.05. The molecule has 150 valence electrons. The summed E-state index contributed by atoms with van der Waals surface area (Å²) in [6, 6.07) is 17.2. The molecule has 0 aliphatic heterocycles. The molecule has 0 atom stereocenters. The summed E-state index contributed by atoms with van der Waals surface area (Å²) in [5.41, 5.74) is 2.77. The quantitative estimate of drug-likeness (QED) is 0.455. The summed E-state index contributed by atoms with van der Waals surface area (Å²) >= 11 is 0. The van der Waals surface area contributed by atoms with Crippen molar-refractivity contribution < 1.29 is 4.79 Å². The monoisotopic (exact) mass is 380 g/mol. The number of rotatable bonds is 8. The fourth-order valence-electron chi connectivity index (χ4n) is 2.73. The van der Waals surface area contributed by atoms with Crippen molar-refractivity contribution in [2.45, 2.75) is 46.5 Å². The number of amides is 2. The maximum absolute atomic E-state index is 12.6. The zero-order valence-corrected chi connectivity index (χ0v) is 17.2. The van der Waals surface area contributed by atoms with Crippen molar-refractivity contribution in [1.82, 2.24) is 10.2 Å². The Hall–Kier alpha value is -2.82. The first-order valence-electron chi connectivity index (χ1n) is 10.2. The van der Waals surface area contributed by atoms with Gasteiger partial charge in [0.1, 0.15) is 0 Å². The molecule has 2 aromatic rings. The molecular weight excluding hydrogens is 348 g/mol. The van der Waals surface area contributed by atoms with E-state index in [0.29, 0.717) is 5.96 Å². The molecule has 2 amide bonds. The van der Waals surface area contributed by atoms with Crippen molar-refractivity contribution in [2.24, 2.45) is 4.99 Å². The maximum atomic E-state index is 12.6. The predicted molar refractivity (Wildman–Crippen MR) is 118 cm³/mol. The first kappa shape index (κ1) is 21.5. The Bertz CT molecular complexity index is 733. The molecule has 0 spiro atoms. The van der Waals surface area contributed by atoms with Crippen LogP contribution in [-0.4, -0.2) is 30.0 Å². The van der Waals surface area contributed by atoms with Crippen molar-refractivity contribution in [1.29, 1.82) is 0 Å². The summed E-state index contributed by atoms with van der Waals surface area (Å²) in [5, 5.41) is 5.85. The van der Waals surface area contributed by atoms with Crippen LogP contribution in [0.25, 0.3) is 0 Å². The molecule has 0 saturated carbocycles. The lowest BCUT2D eigenvalue weighted by Crippen LogP contribution is -2.46. The third-order valence-corrected chi connectivity index (χ3v) is 4.39. The fourth-order valence-corrected chi connectivity index (χ4v) is 2.73. The van der Waals surface area contributed by atoms with E-state index < -0.39 is 0 Å². The minimum absolute atomic E-state index is 0.282. The lowest BCUT2D eigenvalue weighted by atomic mass is 10.2. The Morgan fingerprint density at radius 1 is 0.929 bits per heavy atom. The highest BCUT2D eigenvalue weighted by atomic mass is 16.2. The minimum Gasteiger partial charge on any atom is -0.342 e. The van der Waals surface area contributed by atoms with Gasteiger partial charge in [0.2, 0.25) is 5.96 Å². The van der Waals surface area contributed by atoms with Gasteiger partial charge >= 0.3 is 6.03 Å². The fraction of sp³-hybridized carbons (Fsp3) is 0.391. The molecule has 2 rings (SSSR count).